The van der Waals surface area contributed by atoms with Crippen molar-refractivity contribution in [3.8, 4) is 11.8 Å². The summed E-state index contributed by atoms with van der Waals surface area (Å²) >= 11 is 1.46. The molecule has 1 amide bonds. The van der Waals surface area contributed by atoms with E-state index in [9.17, 15) is 10.1 Å². The highest BCUT2D eigenvalue weighted by Crippen LogP contribution is 2.26. The summed E-state index contributed by atoms with van der Waals surface area (Å²) < 4.78 is 1.40. The molecule has 0 atom stereocenters. The van der Waals surface area contributed by atoms with Gasteiger partial charge in [0, 0.05) is 4.90 Å². The van der Waals surface area contributed by atoms with E-state index in [2.05, 4.69) is 11.2 Å². The summed E-state index contributed by atoms with van der Waals surface area (Å²) in [6.45, 7) is 0. The molecule has 0 unspecified atom stereocenters. The van der Waals surface area contributed by atoms with Crippen LogP contribution in [0, 0.1) is 11.3 Å². The van der Waals surface area contributed by atoms with Crippen molar-refractivity contribution in [2.75, 3.05) is 12.0 Å². The van der Waals surface area contributed by atoms with Gasteiger partial charge in [-0.15, -0.1) is 11.8 Å². The number of anilines is 1. The molecule has 1 aromatic carbocycles. The molecule has 1 aromatic heterocycles. The van der Waals surface area contributed by atoms with Crippen LogP contribution in [0.2, 0.25) is 0 Å². The number of carbonyl (C=O) groups is 1. The third-order valence-corrected chi connectivity index (χ3v) is 3.34. The van der Waals surface area contributed by atoms with Gasteiger partial charge in [0.1, 0.15) is 6.07 Å². The van der Waals surface area contributed by atoms with Gasteiger partial charge in [-0.2, -0.15) is 10.4 Å². The van der Waals surface area contributed by atoms with Crippen molar-refractivity contribution in [1.82, 2.24) is 9.78 Å². The largest absolute Gasteiger partial charge is 0.396 e. The maximum absolute atomic E-state index is 11.1. The fourth-order valence-corrected chi connectivity index (χ4v) is 2.26. The van der Waals surface area contributed by atoms with Crippen molar-refractivity contribution in [3.05, 3.63) is 35.7 Å². The molecule has 0 bridgehead atoms. The third-order valence-electron chi connectivity index (χ3n) is 2.56. The molecule has 0 aliphatic carbocycles. The van der Waals surface area contributed by atoms with Gasteiger partial charge >= 0.3 is 0 Å². The number of hydrogen-bond acceptors (Lipinski definition) is 5. The molecule has 0 aliphatic heterocycles. The van der Waals surface area contributed by atoms with Crippen LogP contribution < -0.4 is 11.5 Å². The summed E-state index contributed by atoms with van der Waals surface area (Å²) in [6.07, 6.45) is 3.35. The van der Waals surface area contributed by atoms with Gasteiger partial charge in [-0.05, 0) is 18.4 Å². The van der Waals surface area contributed by atoms with E-state index in [0.29, 0.717) is 11.3 Å². The fourth-order valence-electron chi connectivity index (χ4n) is 1.70. The molecule has 96 valence electrons. The van der Waals surface area contributed by atoms with Crippen molar-refractivity contribution >= 4 is 23.4 Å². The van der Waals surface area contributed by atoms with Crippen LogP contribution in [0.15, 0.2) is 29.3 Å². The van der Waals surface area contributed by atoms with E-state index in [1.807, 2.05) is 18.4 Å². The summed E-state index contributed by atoms with van der Waals surface area (Å²) in [4.78, 5) is 12.0. The van der Waals surface area contributed by atoms with Gasteiger partial charge in [-0.25, -0.2) is 4.68 Å². The van der Waals surface area contributed by atoms with Gasteiger partial charge in [-0.1, -0.05) is 6.07 Å². The van der Waals surface area contributed by atoms with Gasteiger partial charge in [0.25, 0.3) is 5.91 Å². The molecule has 0 spiro atoms. The first-order chi connectivity index (χ1) is 9.08. The summed E-state index contributed by atoms with van der Waals surface area (Å²) in [5, 5.41) is 13.3. The number of rotatable bonds is 3. The van der Waals surface area contributed by atoms with E-state index in [4.69, 9.17) is 11.5 Å². The van der Waals surface area contributed by atoms with Crippen LogP contribution in [0.1, 0.15) is 16.1 Å². The van der Waals surface area contributed by atoms with E-state index in [-0.39, 0.29) is 11.4 Å². The number of thioether (sulfide) groups is 1. The number of amides is 1. The molecular weight excluding hydrogens is 262 g/mol. The quantitative estimate of drug-likeness (QED) is 0.815. The van der Waals surface area contributed by atoms with Gasteiger partial charge < -0.3 is 11.5 Å². The molecule has 2 aromatic rings. The highest BCUT2D eigenvalue weighted by atomic mass is 32.2. The zero-order chi connectivity index (χ0) is 14.0. The maximum Gasteiger partial charge on any atom is 0.271 e. The second-order valence-corrected chi connectivity index (χ2v) is 4.56. The van der Waals surface area contributed by atoms with E-state index < -0.39 is 5.91 Å². The van der Waals surface area contributed by atoms with Gasteiger partial charge in [-0.3, -0.25) is 4.79 Å². The molecule has 19 heavy (non-hydrogen) atoms. The normalized spacial score (nSPS) is 10.1. The SMILES string of the molecule is CSc1cccc(-n2cc(N)c(C(N)=O)n2)c1C#N. The minimum Gasteiger partial charge on any atom is -0.396 e. The number of benzene rings is 1. The van der Waals surface area contributed by atoms with Crippen LogP contribution >= 0.6 is 11.8 Å². The summed E-state index contributed by atoms with van der Waals surface area (Å²) in [5.41, 5.74) is 12.1. The number of aromatic nitrogens is 2. The molecule has 0 saturated carbocycles. The standard InChI is InChI=1S/C12H11N5OS/c1-19-10-4-2-3-9(7(10)5-13)17-6-8(14)11(16-17)12(15)18/h2-4,6H,14H2,1H3,(H2,15,18). The number of nitrogens with zero attached hydrogens (tertiary/aromatic N) is 3. The predicted octanol–water partition coefficient (Wildman–Crippen LogP) is 1.15. The first-order valence-electron chi connectivity index (χ1n) is 5.31. The monoisotopic (exact) mass is 273 g/mol. The Morgan fingerprint density at radius 2 is 2.26 bits per heavy atom. The Bertz CT molecular complexity index is 686. The lowest BCUT2D eigenvalue weighted by Crippen LogP contribution is -2.14. The Hall–Kier alpha value is -2.46. The molecule has 1 heterocycles. The first kappa shape index (κ1) is 13.0. The lowest BCUT2D eigenvalue weighted by atomic mass is 10.2. The minimum absolute atomic E-state index is 0.00144. The number of nitrogens with two attached hydrogens (primary N) is 2. The van der Waals surface area contributed by atoms with Crippen molar-refractivity contribution < 1.29 is 4.79 Å². The Kier molecular flexibility index (Phi) is 3.44. The lowest BCUT2D eigenvalue weighted by molar-refractivity contribution is 0.0996. The van der Waals surface area contributed by atoms with Crippen LogP contribution in [0.3, 0.4) is 0 Å². The van der Waals surface area contributed by atoms with E-state index in [0.717, 1.165) is 4.90 Å². The van der Waals surface area contributed by atoms with Crippen LogP contribution in [-0.2, 0) is 0 Å². The second-order valence-electron chi connectivity index (χ2n) is 3.71. The van der Waals surface area contributed by atoms with Crippen LogP contribution in [0.4, 0.5) is 5.69 Å². The Morgan fingerprint density at radius 3 is 2.79 bits per heavy atom. The zero-order valence-electron chi connectivity index (χ0n) is 10.1. The summed E-state index contributed by atoms with van der Waals surface area (Å²) in [7, 11) is 0. The van der Waals surface area contributed by atoms with Gasteiger partial charge in [0.05, 0.1) is 23.1 Å². The smallest absolute Gasteiger partial charge is 0.271 e. The highest BCUT2D eigenvalue weighted by molar-refractivity contribution is 7.98. The average molecular weight is 273 g/mol. The molecule has 2 rings (SSSR count). The van der Waals surface area contributed by atoms with E-state index >= 15 is 0 Å². The number of primary amides is 1. The zero-order valence-corrected chi connectivity index (χ0v) is 10.9. The fraction of sp³-hybridized carbons (Fsp3) is 0.0833. The minimum atomic E-state index is -0.698. The Labute approximate surface area is 114 Å². The van der Waals surface area contributed by atoms with Crippen LogP contribution in [0.5, 0.6) is 0 Å². The summed E-state index contributed by atoms with van der Waals surface area (Å²) in [5.74, 6) is -0.698. The lowest BCUT2D eigenvalue weighted by Gasteiger charge is -2.07. The van der Waals surface area contributed by atoms with Gasteiger partial charge in [0.2, 0.25) is 0 Å². The Morgan fingerprint density at radius 1 is 1.53 bits per heavy atom. The molecule has 7 heteroatoms. The van der Waals surface area contributed by atoms with Crippen molar-refractivity contribution in [1.29, 1.82) is 5.26 Å². The molecule has 6 nitrogen and oxygen atoms in total. The second kappa shape index (κ2) is 5.04. The highest BCUT2D eigenvalue weighted by Gasteiger charge is 2.15. The summed E-state index contributed by atoms with van der Waals surface area (Å²) in [6, 6.07) is 7.52. The van der Waals surface area contributed by atoms with Gasteiger partial charge in [0.15, 0.2) is 5.69 Å². The Balaban J connectivity index is 2.63. The molecule has 0 radical (unpaired) electrons. The van der Waals surface area contributed by atoms with E-state index in [1.165, 1.54) is 22.6 Å². The van der Waals surface area contributed by atoms with Crippen molar-refractivity contribution in [2.45, 2.75) is 4.90 Å². The molecule has 0 saturated heterocycles. The maximum atomic E-state index is 11.1. The third kappa shape index (κ3) is 2.26. The molecular formula is C12H11N5OS. The predicted molar refractivity (Wildman–Crippen MR) is 73.0 cm³/mol. The average Bonchev–Trinajstić information content (AvgIpc) is 2.79. The van der Waals surface area contributed by atoms with Crippen LogP contribution in [0.25, 0.3) is 5.69 Å². The van der Waals surface area contributed by atoms with E-state index in [1.54, 1.807) is 6.07 Å². The first-order valence-corrected chi connectivity index (χ1v) is 6.53. The molecule has 4 N–H and O–H groups in total. The number of carbonyl (C=O) groups excluding carboxylic acids is 1. The molecule has 0 fully saturated rings. The van der Waals surface area contributed by atoms with Crippen molar-refractivity contribution in [2.24, 2.45) is 5.73 Å². The molecule has 0 aliphatic rings. The topological polar surface area (TPSA) is 111 Å². The van der Waals surface area contributed by atoms with Crippen molar-refractivity contribution in [3.63, 3.8) is 0 Å². The number of nitrogen functional groups attached to an aromatic ring is 1. The van der Waals surface area contributed by atoms with Crippen LogP contribution in [-0.4, -0.2) is 21.9 Å². The number of hydrogen-bond donors (Lipinski definition) is 2. The number of nitriles is 1.